The number of ether oxygens (including phenoxy) is 2. The maximum absolute atomic E-state index is 13.5. The maximum atomic E-state index is 13.5. The van der Waals surface area contributed by atoms with Gasteiger partial charge >= 0.3 is 5.97 Å². The molecule has 0 saturated carbocycles. The first-order chi connectivity index (χ1) is 13.3. The first-order valence-electron chi connectivity index (χ1n) is 8.55. The summed E-state index contributed by atoms with van der Waals surface area (Å²) in [5.74, 6) is -0.713. The van der Waals surface area contributed by atoms with Gasteiger partial charge < -0.3 is 18.6 Å². The number of hydrogen-bond acceptors (Lipinski definition) is 6. The molecule has 146 valence electrons. The zero-order valence-corrected chi connectivity index (χ0v) is 15.7. The van der Waals surface area contributed by atoms with Crippen molar-refractivity contribution >= 4 is 11.8 Å². The number of carbonyl (C=O) groups is 2. The van der Waals surface area contributed by atoms with Gasteiger partial charge in [0.2, 0.25) is 5.78 Å². The summed E-state index contributed by atoms with van der Waals surface area (Å²) in [6.07, 6.45) is 0. The molecule has 0 atom stereocenters. The van der Waals surface area contributed by atoms with Crippen molar-refractivity contribution in [2.24, 2.45) is 0 Å². The van der Waals surface area contributed by atoms with Gasteiger partial charge in [-0.15, -0.1) is 0 Å². The summed E-state index contributed by atoms with van der Waals surface area (Å²) < 4.78 is 30.2. The lowest BCUT2D eigenvalue weighted by molar-refractivity contribution is -0.144. The van der Waals surface area contributed by atoms with Gasteiger partial charge in [-0.25, -0.2) is 9.18 Å². The van der Waals surface area contributed by atoms with Crippen LogP contribution >= 0.6 is 0 Å². The Bertz CT molecular complexity index is 1020. The minimum Gasteiger partial charge on any atom is -0.463 e. The highest BCUT2D eigenvalue weighted by atomic mass is 19.1. The van der Waals surface area contributed by atoms with E-state index in [1.54, 1.807) is 36.6 Å². The van der Waals surface area contributed by atoms with Gasteiger partial charge in [-0.05, 0) is 50.2 Å². The summed E-state index contributed by atoms with van der Waals surface area (Å²) in [7, 11) is 0. The molecule has 2 aromatic heterocycles. The molecule has 0 radical (unpaired) electrons. The van der Waals surface area contributed by atoms with E-state index in [0.29, 0.717) is 22.7 Å². The Morgan fingerprint density at radius 1 is 1.14 bits per heavy atom. The van der Waals surface area contributed by atoms with Crippen LogP contribution in [0.5, 0.6) is 5.88 Å². The van der Waals surface area contributed by atoms with Crippen molar-refractivity contribution in [2.75, 3.05) is 13.2 Å². The summed E-state index contributed by atoms with van der Waals surface area (Å²) in [5.41, 5.74) is 2.42. The molecule has 0 saturated heterocycles. The van der Waals surface area contributed by atoms with E-state index in [-0.39, 0.29) is 24.1 Å². The minimum absolute atomic E-state index is 0.166. The zero-order valence-electron chi connectivity index (χ0n) is 15.7. The second-order valence-electron chi connectivity index (χ2n) is 6.25. The molecular formula is C20H19FN2O5. The molecule has 3 rings (SSSR count). The molecule has 0 aliphatic heterocycles. The number of carbonyl (C=O) groups excluding carboxylic acids is 2. The quantitative estimate of drug-likeness (QED) is 0.457. The van der Waals surface area contributed by atoms with Gasteiger partial charge in [0.25, 0.3) is 5.88 Å². The summed E-state index contributed by atoms with van der Waals surface area (Å²) in [5, 5.41) is 3.59. The smallest absolute Gasteiger partial charge is 0.344 e. The number of esters is 1. The van der Waals surface area contributed by atoms with Crippen molar-refractivity contribution in [1.29, 1.82) is 0 Å². The summed E-state index contributed by atoms with van der Waals surface area (Å²) >= 11 is 0. The van der Waals surface area contributed by atoms with E-state index < -0.39 is 12.6 Å². The molecule has 0 aliphatic carbocycles. The van der Waals surface area contributed by atoms with Crippen molar-refractivity contribution in [3.8, 4) is 11.6 Å². The molecule has 0 unspecified atom stereocenters. The van der Waals surface area contributed by atoms with Crippen molar-refractivity contribution < 1.29 is 28.0 Å². The van der Waals surface area contributed by atoms with Crippen LogP contribution in [-0.4, -0.2) is 34.7 Å². The molecule has 0 amide bonds. The van der Waals surface area contributed by atoms with Gasteiger partial charge in [-0.3, -0.25) is 4.79 Å². The molecule has 0 fully saturated rings. The Balaban J connectivity index is 1.63. The van der Waals surface area contributed by atoms with Crippen LogP contribution in [0.15, 0.2) is 40.9 Å². The molecule has 1 aromatic carbocycles. The second-order valence-corrected chi connectivity index (χ2v) is 6.25. The van der Waals surface area contributed by atoms with Crippen molar-refractivity contribution in [3.05, 3.63) is 64.9 Å². The second kappa shape index (κ2) is 8.08. The van der Waals surface area contributed by atoms with E-state index in [1.807, 2.05) is 6.92 Å². The third-order valence-corrected chi connectivity index (χ3v) is 4.11. The lowest BCUT2D eigenvalue weighted by Crippen LogP contribution is -2.20. The van der Waals surface area contributed by atoms with Crippen molar-refractivity contribution in [3.63, 3.8) is 0 Å². The van der Waals surface area contributed by atoms with Crippen molar-refractivity contribution in [1.82, 2.24) is 9.72 Å². The van der Waals surface area contributed by atoms with Crippen LogP contribution in [-0.2, 0) is 9.53 Å². The van der Waals surface area contributed by atoms with E-state index in [2.05, 4.69) is 5.16 Å². The van der Waals surface area contributed by atoms with Crippen LogP contribution in [0.25, 0.3) is 5.69 Å². The third-order valence-electron chi connectivity index (χ3n) is 4.11. The molecule has 0 bridgehead atoms. The average Bonchev–Trinajstić information content (AvgIpc) is 3.20. The normalized spacial score (nSPS) is 10.7. The Morgan fingerprint density at radius 2 is 1.93 bits per heavy atom. The SMILES string of the molecule is Cc1cc(OCC(=O)OCC(=O)c2cc(C)n(-c3cccc(F)c3)c2C)no1. The minimum atomic E-state index is -0.701. The van der Waals surface area contributed by atoms with Crippen LogP contribution in [0.1, 0.15) is 27.5 Å². The Hall–Kier alpha value is -3.42. The third kappa shape index (κ3) is 4.28. The highest BCUT2D eigenvalue weighted by molar-refractivity contribution is 5.99. The van der Waals surface area contributed by atoms with Gasteiger partial charge in [0, 0.05) is 28.7 Å². The Kier molecular flexibility index (Phi) is 5.58. The molecule has 2 heterocycles. The van der Waals surface area contributed by atoms with Gasteiger partial charge in [0.15, 0.2) is 13.2 Å². The number of nitrogens with zero attached hydrogens (tertiary/aromatic N) is 2. The summed E-state index contributed by atoms with van der Waals surface area (Å²) in [4.78, 5) is 24.2. The lowest BCUT2D eigenvalue weighted by atomic mass is 10.1. The fraction of sp³-hybridized carbons (Fsp3) is 0.250. The van der Waals surface area contributed by atoms with Gasteiger partial charge in [-0.2, -0.15) is 0 Å². The molecular weight excluding hydrogens is 367 g/mol. The van der Waals surface area contributed by atoms with Crippen LogP contribution < -0.4 is 4.74 Å². The largest absolute Gasteiger partial charge is 0.463 e. The number of Topliss-reactive ketones (excluding diaryl/α,β-unsaturated/α-hetero) is 1. The number of ketones is 1. The fourth-order valence-electron chi connectivity index (χ4n) is 2.87. The average molecular weight is 386 g/mol. The highest BCUT2D eigenvalue weighted by Crippen LogP contribution is 2.22. The number of aromatic nitrogens is 2. The maximum Gasteiger partial charge on any atom is 0.344 e. The number of rotatable bonds is 7. The Labute approximate surface area is 160 Å². The number of benzene rings is 1. The predicted molar refractivity (Wildman–Crippen MR) is 97.2 cm³/mol. The van der Waals surface area contributed by atoms with E-state index in [1.165, 1.54) is 18.2 Å². The first kappa shape index (κ1) is 19.3. The Morgan fingerprint density at radius 3 is 2.61 bits per heavy atom. The molecule has 0 N–H and O–H groups in total. The molecule has 7 nitrogen and oxygen atoms in total. The topological polar surface area (TPSA) is 83.6 Å². The van der Waals surface area contributed by atoms with Crippen LogP contribution in [0.3, 0.4) is 0 Å². The fourth-order valence-corrected chi connectivity index (χ4v) is 2.87. The molecule has 0 spiro atoms. The van der Waals surface area contributed by atoms with E-state index in [4.69, 9.17) is 14.0 Å². The number of aryl methyl sites for hydroxylation is 2. The summed E-state index contributed by atoms with van der Waals surface area (Å²) in [6.45, 7) is 4.45. The van der Waals surface area contributed by atoms with Gasteiger partial charge in [0.1, 0.15) is 11.6 Å². The molecule has 3 aromatic rings. The standard InChI is InChI=1S/C20H19FN2O5/c1-12-7-17(14(3)23(12)16-6-4-5-15(21)9-16)18(24)10-27-20(25)11-26-19-8-13(2)28-22-19/h4-9H,10-11H2,1-3H3. The lowest BCUT2D eigenvalue weighted by Gasteiger charge is -2.10. The van der Waals surface area contributed by atoms with Gasteiger partial charge in [-0.1, -0.05) is 6.07 Å². The predicted octanol–water partition coefficient (Wildman–Crippen LogP) is 3.33. The van der Waals surface area contributed by atoms with E-state index >= 15 is 0 Å². The molecule has 0 aliphatic rings. The number of hydrogen-bond donors (Lipinski definition) is 0. The van der Waals surface area contributed by atoms with E-state index in [0.717, 1.165) is 5.69 Å². The van der Waals surface area contributed by atoms with Crippen LogP contribution in [0.2, 0.25) is 0 Å². The van der Waals surface area contributed by atoms with Crippen LogP contribution in [0, 0.1) is 26.6 Å². The summed E-state index contributed by atoms with van der Waals surface area (Å²) in [6, 6.07) is 9.30. The monoisotopic (exact) mass is 386 g/mol. The number of halogens is 1. The van der Waals surface area contributed by atoms with E-state index in [9.17, 15) is 14.0 Å². The molecule has 28 heavy (non-hydrogen) atoms. The van der Waals surface area contributed by atoms with Crippen molar-refractivity contribution in [2.45, 2.75) is 20.8 Å². The first-order valence-corrected chi connectivity index (χ1v) is 8.55. The highest BCUT2D eigenvalue weighted by Gasteiger charge is 2.18. The molecule has 8 heteroatoms. The van der Waals surface area contributed by atoms with Crippen LogP contribution in [0.4, 0.5) is 4.39 Å². The zero-order chi connectivity index (χ0) is 20.3. The van der Waals surface area contributed by atoms with Gasteiger partial charge in [0.05, 0.1) is 0 Å².